The van der Waals surface area contributed by atoms with Gasteiger partial charge in [-0.3, -0.25) is 4.79 Å². The first-order valence-corrected chi connectivity index (χ1v) is 10.0. The van der Waals surface area contributed by atoms with Crippen LogP contribution in [0.1, 0.15) is 35.1 Å². The molecule has 27 heavy (non-hydrogen) atoms. The van der Waals surface area contributed by atoms with Crippen LogP contribution in [-0.4, -0.2) is 16.1 Å². The van der Waals surface area contributed by atoms with Crippen LogP contribution < -0.4 is 5.32 Å². The van der Waals surface area contributed by atoms with Crippen LogP contribution in [0.15, 0.2) is 52.4 Å². The molecule has 1 amide bonds. The van der Waals surface area contributed by atoms with Crippen LogP contribution >= 0.6 is 27.3 Å². The summed E-state index contributed by atoms with van der Waals surface area (Å²) < 4.78 is 0.982. The Morgan fingerprint density at radius 2 is 2.11 bits per heavy atom. The Hall–Kier alpha value is -2.56. The molecule has 0 radical (unpaired) electrons. The van der Waals surface area contributed by atoms with Crippen LogP contribution in [-0.2, 0) is 11.2 Å². The van der Waals surface area contributed by atoms with Gasteiger partial charge in [0.25, 0.3) is 0 Å². The molecule has 0 fully saturated rings. The number of nitrogens with zero attached hydrogens (tertiary/aromatic N) is 3. The molecule has 3 aromatic rings. The zero-order valence-corrected chi connectivity index (χ0v) is 16.8. The molecule has 0 aliphatic heterocycles. The molecule has 1 aromatic heterocycles. The molecule has 5 nitrogen and oxygen atoms in total. The van der Waals surface area contributed by atoms with Crippen molar-refractivity contribution in [3.63, 3.8) is 0 Å². The Morgan fingerprint density at radius 1 is 1.33 bits per heavy atom. The Morgan fingerprint density at radius 3 is 2.78 bits per heavy atom. The molecule has 1 N–H and O–H groups in total. The van der Waals surface area contributed by atoms with Crippen molar-refractivity contribution in [1.82, 2.24) is 10.2 Å². The van der Waals surface area contributed by atoms with Crippen molar-refractivity contribution >= 4 is 38.3 Å². The normalized spacial score (nSPS) is 20.7. The van der Waals surface area contributed by atoms with Crippen molar-refractivity contribution in [3.8, 4) is 6.07 Å². The molecule has 0 spiro atoms. The summed E-state index contributed by atoms with van der Waals surface area (Å²) in [7, 11) is 0. The number of nitrogens with one attached hydrogen (secondary N) is 1. The Bertz CT molecular complexity index is 1040. The summed E-state index contributed by atoms with van der Waals surface area (Å²) in [5.74, 6) is -0.247. The van der Waals surface area contributed by atoms with E-state index in [9.17, 15) is 10.1 Å². The fraction of sp³-hybridized carbons (Fsp3) is 0.200. The number of carbonyl (C=O) groups is 1. The molecule has 1 aliphatic rings. The molecule has 2 aromatic carbocycles. The van der Waals surface area contributed by atoms with Gasteiger partial charge in [-0.05, 0) is 54.3 Å². The molecule has 0 bridgehead atoms. The predicted molar refractivity (Wildman–Crippen MR) is 107 cm³/mol. The van der Waals surface area contributed by atoms with E-state index >= 15 is 0 Å². The highest BCUT2D eigenvalue weighted by atomic mass is 79.9. The quantitative estimate of drug-likeness (QED) is 0.652. The van der Waals surface area contributed by atoms with E-state index < -0.39 is 5.41 Å². The number of amides is 1. The number of hydrogen-bond donors (Lipinski definition) is 1. The summed E-state index contributed by atoms with van der Waals surface area (Å²) in [5, 5.41) is 20.4. The molecule has 1 heterocycles. The monoisotopic (exact) mass is 438 g/mol. The van der Waals surface area contributed by atoms with Gasteiger partial charge >= 0.3 is 0 Å². The molecule has 0 unspecified atom stereocenters. The van der Waals surface area contributed by atoms with Crippen LogP contribution in [0.25, 0.3) is 0 Å². The van der Waals surface area contributed by atoms with Crippen LogP contribution in [0.4, 0.5) is 5.13 Å². The van der Waals surface area contributed by atoms with E-state index in [2.05, 4.69) is 37.5 Å². The lowest BCUT2D eigenvalue weighted by atomic mass is 9.73. The van der Waals surface area contributed by atoms with Crippen LogP contribution in [0.5, 0.6) is 0 Å². The van der Waals surface area contributed by atoms with E-state index in [0.29, 0.717) is 17.1 Å². The smallest absolute Gasteiger partial charge is 0.233 e. The third-order valence-corrected chi connectivity index (χ3v) is 6.22. The number of anilines is 1. The molecule has 7 heteroatoms. The standard InChI is InChI=1S/C20H15BrN4OS/c1-20(18(26)24-19-25-23-11-27-19)9-14-3-2-12(10-22)8-16(14)17(20)13-4-6-15(21)7-5-13/h2-8,11,17H,9H2,1H3,(H,24,25,26)/t17-,20+/m0/s1. The number of hydrogen-bond acceptors (Lipinski definition) is 5. The SMILES string of the molecule is C[C@@]1(C(=O)Nc2nncs2)Cc2ccc(C#N)cc2[C@@H]1c1ccc(Br)cc1. The Kier molecular flexibility index (Phi) is 4.54. The van der Waals surface area contributed by atoms with E-state index in [4.69, 9.17) is 0 Å². The first-order valence-electron chi connectivity index (χ1n) is 8.37. The highest BCUT2D eigenvalue weighted by Crippen LogP contribution is 2.51. The third kappa shape index (κ3) is 3.15. The number of fused-ring (bicyclic) bond motifs is 1. The fourth-order valence-corrected chi connectivity index (χ4v) is 4.52. The number of carbonyl (C=O) groups excluding carboxylic acids is 1. The molecule has 2 atom stereocenters. The Balaban J connectivity index is 1.81. The van der Waals surface area contributed by atoms with Gasteiger partial charge in [0.05, 0.1) is 17.0 Å². The summed E-state index contributed by atoms with van der Waals surface area (Å²) in [5.41, 5.74) is 4.66. The van der Waals surface area contributed by atoms with E-state index in [0.717, 1.165) is 21.2 Å². The molecular formula is C20H15BrN4OS. The topological polar surface area (TPSA) is 78.7 Å². The fourth-order valence-electron chi connectivity index (χ4n) is 3.82. The van der Waals surface area contributed by atoms with Crippen LogP contribution in [0, 0.1) is 16.7 Å². The van der Waals surface area contributed by atoms with Crippen molar-refractivity contribution < 1.29 is 4.79 Å². The average Bonchev–Trinajstić information content (AvgIpc) is 3.27. The summed E-state index contributed by atoms with van der Waals surface area (Å²) in [6.45, 7) is 1.97. The minimum atomic E-state index is -0.699. The summed E-state index contributed by atoms with van der Waals surface area (Å²) >= 11 is 4.76. The lowest BCUT2D eigenvalue weighted by Crippen LogP contribution is -2.37. The lowest BCUT2D eigenvalue weighted by molar-refractivity contribution is -0.125. The second kappa shape index (κ2) is 6.87. The van der Waals surface area contributed by atoms with Gasteiger partial charge in [-0.1, -0.05) is 45.5 Å². The zero-order chi connectivity index (χ0) is 19.0. The number of halogens is 1. The molecule has 0 saturated carbocycles. The van der Waals surface area contributed by atoms with Crippen molar-refractivity contribution in [2.75, 3.05) is 5.32 Å². The summed E-state index contributed by atoms with van der Waals surface area (Å²) in [6.07, 6.45) is 0.597. The highest BCUT2D eigenvalue weighted by molar-refractivity contribution is 9.10. The molecule has 4 rings (SSSR count). The van der Waals surface area contributed by atoms with Crippen LogP contribution in [0.3, 0.4) is 0 Å². The third-order valence-electron chi connectivity index (χ3n) is 5.08. The van der Waals surface area contributed by atoms with Gasteiger partial charge in [0, 0.05) is 10.4 Å². The largest absolute Gasteiger partial charge is 0.300 e. The summed E-state index contributed by atoms with van der Waals surface area (Å²) in [6, 6.07) is 15.9. The number of aromatic nitrogens is 2. The van der Waals surface area contributed by atoms with E-state index in [1.54, 1.807) is 5.51 Å². The second-order valence-electron chi connectivity index (χ2n) is 6.80. The number of benzene rings is 2. The first-order chi connectivity index (χ1) is 13.0. The van der Waals surface area contributed by atoms with Gasteiger partial charge in [-0.25, -0.2) is 0 Å². The van der Waals surface area contributed by atoms with Gasteiger partial charge in [0.1, 0.15) is 5.51 Å². The van der Waals surface area contributed by atoms with Gasteiger partial charge in [0.2, 0.25) is 11.0 Å². The van der Waals surface area contributed by atoms with Crippen molar-refractivity contribution in [2.45, 2.75) is 19.3 Å². The molecular weight excluding hydrogens is 424 g/mol. The first kappa shape index (κ1) is 17.8. The number of nitriles is 1. The maximum atomic E-state index is 13.3. The van der Waals surface area contributed by atoms with Gasteiger partial charge in [-0.15, -0.1) is 10.2 Å². The molecule has 1 aliphatic carbocycles. The highest BCUT2D eigenvalue weighted by Gasteiger charge is 2.49. The van der Waals surface area contributed by atoms with Crippen molar-refractivity contribution in [3.05, 3.63) is 74.7 Å². The maximum Gasteiger partial charge on any atom is 0.233 e. The van der Waals surface area contributed by atoms with Crippen LogP contribution in [0.2, 0.25) is 0 Å². The van der Waals surface area contributed by atoms with Gasteiger partial charge in [0.15, 0.2) is 0 Å². The zero-order valence-electron chi connectivity index (χ0n) is 14.4. The van der Waals surface area contributed by atoms with Crippen molar-refractivity contribution in [2.24, 2.45) is 5.41 Å². The minimum absolute atomic E-state index is 0.0955. The van der Waals surface area contributed by atoms with E-state index in [1.807, 2.05) is 49.4 Å². The van der Waals surface area contributed by atoms with Gasteiger partial charge < -0.3 is 5.32 Å². The molecule has 134 valence electrons. The molecule has 0 saturated heterocycles. The Labute approximate surface area is 169 Å². The van der Waals surface area contributed by atoms with E-state index in [1.165, 1.54) is 11.3 Å². The predicted octanol–water partition coefficient (Wildman–Crippen LogP) is 4.51. The lowest BCUT2D eigenvalue weighted by Gasteiger charge is -2.31. The van der Waals surface area contributed by atoms with Crippen molar-refractivity contribution in [1.29, 1.82) is 5.26 Å². The van der Waals surface area contributed by atoms with Gasteiger partial charge in [-0.2, -0.15) is 5.26 Å². The maximum absolute atomic E-state index is 13.3. The van der Waals surface area contributed by atoms with E-state index in [-0.39, 0.29) is 11.8 Å². The minimum Gasteiger partial charge on any atom is -0.300 e. The average molecular weight is 439 g/mol. The summed E-state index contributed by atoms with van der Waals surface area (Å²) in [4.78, 5) is 13.3. The number of rotatable bonds is 3. The second-order valence-corrected chi connectivity index (χ2v) is 8.55.